The van der Waals surface area contributed by atoms with Crippen molar-refractivity contribution in [3.63, 3.8) is 0 Å². The van der Waals surface area contributed by atoms with Crippen LogP contribution in [0.4, 0.5) is 0 Å². The number of aliphatic hydroxyl groups is 2. The second-order valence-corrected chi connectivity index (χ2v) is 3.56. The van der Waals surface area contributed by atoms with Crippen LogP contribution in [0.5, 0.6) is 5.75 Å². The Bertz CT molecular complexity index is 321. The van der Waals surface area contributed by atoms with E-state index in [4.69, 9.17) is 5.11 Å². The minimum Gasteiger partial charge on any atom is -0.507 e. The van der Waals surface area contributed by atoms with Crippen LogP contribution in [0.15, 0.2) is 12.1 Å². The Hall–Kier alpha value is -1.06. The zero-order chi connectivity index (χ0) is 12.7. The van der Waals surface area contributed by atoms with Gasteiger partial charge in [-0.2, -0.15) is 0 Å². The molecular weight excluding hydrogens is 204 g/mol. The summed E-state index contributed by atoms with van der Waals surface area (Å²) >= 11 is 0. The fourth-order valence-corrected chi connectivity index (χ4v) is 1.34. The van der Waals surface area contributed by atoms with Crippen molar-refractivity contribution in [3.8, 4) is 5.75 Å². The third-order valence-corrected chi connectivity index (χ3v) is 2.45. The van der Waals surface area contributed by atoms with Crippen molar-refractivity contribution in [1.82, 2.24) is 0 Å². The number of aromatic hydroxyl groups is 1. The second kappa shape index (κ2) is 7.25. The van der Waals surface area contributed by atoms with Crippen LogP contribution in [0.25, 0.3) is 0 Å². The van der Waals surface area contributed by atoms with Crippen LogP contribution in [0.2, 0.25) is 0 Å². The first-order valence-electron chi connectivity index (χ1n) is 5.63. The van der Waals surface area contributed by atoms with Crippen molar-refractivity contribution in [2.75, 3.05) is 6.61 Å². The molecule has 0 aliphatic carbocycles. The molecule has 0 bridgehead atoms. The van der Waals surface area contributed by atoms with Gasteiger partial charge in [0.1, 0.15) is 5.75 Å². The highest BCUT2D eigenvalue weighted by Gasteiger charge is 2.10. The van der Waals surface area contributed by atoms with Crippen LogP contribution >= 0.6 is 0 Å². The fraction of sp³-hybridized carbons (Fsp3) is 0.538. The van der Waals surface area contributed by atoms with E-state index in [0.29, 0.717) is 5.56 Å². The van der Waals surface area contributed by atoms with Crippen molar-refractivity contribution in [3.05, 3.63) is 28.8 Å². The highest BCUT2D eigenvalue weighted by atomic mass is 16.3. The predicted octanol–water partition coefficient (Wildman–Crippen LogP) is 1.93. The first-order chi connectivity index (χ1) is 7.56. The van der Waals surface area contributed by atoms with Crippen LogP contribution in [0, 0.1) is 13.8 Å². The Labute approximate surface area is 97.4 Å². The lowest BCUT2D eigenvalue weighted by Crippen LogP contribution is -2.15. The summed E-state index contributed by atoms with van der Waals surface area (Å²) in [6, 6.07) is 3.67. The molecule has 0 fully saturated rings. The van der Waals surface area contributed by atoms with Gasteiger partial charge in [-0.25, -0.2) is 0 Å². The standard InChI is InChI=1S/C11H16O3.C2H6/c1-7-3-4-9(5-10(13)6-12)11(14)8(7)2;1-2/h3-4,10,12-14H,5-6H2,1-2H3;1-2H3. The maximum atomic E-state index is 9.73. The molecule has 3 nitrogen and oxygen atoms in total. The first kappa shape index (κ1) is 14.9. The van der Waals surface area contributed by atoms with Gasteiger partial charge < -0.3 is 15.3 Å². The lowest BCUT2D eigenvalue weighted by Gasteiger charge is -2.11. The highest BCUT2D eigenvalue weighted by Crippen LogP contribution is 2.25. The van der Waals surface area contributed by atoms with Crippen molar-refractivity contribution in [2.24, 2.45) is 0 Å². The summed E-state index contributed by atoms with van der Waals surface area (Å²) in [6.07, 6.45) is -0.522. The van der Waals surface area contributed by atoms with Gasteiger partial charge in [0, 0.05) is 6.42 Å². The Morgan fingerprint density at radius 2 is 1.75 bits per heavy atom. The van der Waals surface area contributed by atoms with Crippen LogP contribution in [-0.4, -0.2) is 28.0 Å². The van der Waals surface area contributed by atoms with Crippen LogP contribution in [-0.2, 0) is 6.42 Å². The van der Waals surface area contributed by atoms with E-state index in [1.165, 1.54) is 0 Å². The van der Waals surface area contributed by atoms with E-state index in [1.807, 2.05) is 33.8 Å². The molecule has 0 radical (unpaired) electrons. The lowest BCUT2D eigenvalue weighted by molar-refractivity contribution is 0.0950. The Kier molecular flexibility index (Phi) is 6.77. The van der Waals surface area contributed by atoms with Crippen LogP contribution < -0.4 is 0 Å². The van der Waals surface area contributed by atoms with Crippen molar-refractivity contribution in [1.29, 1.82) is 0 Å². The molecule has 3 N–H and O–H groups in total. The molecule has 0 aliphatic heterocycles. The van der Waals surface area contributed by atoms with Gasteiger partial charge in [0.2, 0.25) is 0 Å². The number of aryl methyl sites for hydroxylation is 1. The number of phenols is 1. The summed E-state index contributed by atoms with van der Waals surface area (Å²) in [4.78, 5) is 0. The first-order valence-corrected chi connectivity index (χ1v) is 5.63. The van der Waals surface area contributed by atoms with Gasteiger partial charge in [-0.1, -0.05) is 26.0 Å². The smallest absolute Gasteiger partial charge is 0.122 e. The van der Waals surface area contributed by atoms with Gasteiger partial charge in [0.05, 0.1) is 12.7 Å². The van der Waals surface area contributed by atoms with E-state index >= 15 is 0 Å². The summed E-state index contributed by atoms with van der Waals surface area (Å²) < 4.78 is 0. The van der Waals surface area contributed by atoms with Crippen LogP contribution in [0.3, 0.4) is 0 Å². The Morgan fingerprint density at radius 1 is 1.19 bits per heavy atom. The summed E-state index contributed by atoms with van der Waals surface area (Å²) in [5.74, 6) is 0.220. The highest BCUT2D eigenvalue weighted by molar-refractivity contribution is 5.44. The molecule has 16 heavy (non-hydrogen) atoms. The average Bonchev–Trinajstić information content (AvgIpc) is 2.32. The monoisotopic (exact) mass is 226 g/mol. The fourth-order valence-electron chi connectivity index (χ4n) is 1.34. The Balaban J connectivity index is 0.00000106. The molecule has 1 aromatic rings. The predicted molar refractivity (Wildman–Crippen MR) is 65.7 cm³/mol. The van der Waals surface area contributed by atoms with E-state index in [9.17, 15) is 10.2 Å². The van der Waals surface area contributed by atoms with E-state index < -0.39 is 6.10 Å². The number of hydrogen-bond donors (Lipinski definition) is 3. The maximum absolute atomic E-state index is 9.73. The lowest BCUT2D eigenvalue weighted by atomic mass is 10.0. The summed E-state index contributed by atoms with van der Waals surface area (Å²) in [7, 11) is 0. The molecule has 92 valence electrons. The summed E-state index contributed by atoms with van der Waals surface area (Å²) in [5, 5.41) is 27.6. The van der Waals surface area contributed by atoms with Crippen molar-refractivity contribution >= 4 is 0 Å². The summed E-state index contributed by atoms with van der Waals surface area (Å²) in [5.41, 5.74) is 2.52. The molecule has 0 saturated carbocycles. The molecule has 1 atom stereocenters. The topological polar surface area (TPSA) is 60.7 Å². The van der Waals surface area contributed by atoms with Gasteiger partial charge >= 0.3 is 0 Å². The van der Waals surface area contributed by atoms with Gasteiger partial charge in [0.25, 0.3) is 0 Å². The largest absolute Gasteiger partial charge is 0.507 e. The second-order valence-electron chi connectivity index (χ2n) is 3.56. The number of benzene rings is 1. The van der Waals surface area contributed by atoms with E-state index in [-0.39, 0.29) is 18.8 Å². The molecule has 1 unspecified atom stereocenters. The van der Waals surface area contributed by atoms with Gasteiger partial charge in [-0.05, 0) is 30.5 Å². The molecule has 0 amide bonds. The van der Waals surface area contributed by atoms with E-state index in [2.05, 4.69) is 0 Å². The normalized spacial score (nSPS) is 11.6. The molecule has 0 spiro atoms. The number of rotatable bonds is 3. The van der Waals surface area contributed by atoms with Gasteiger partial charge in [-0.3, -0.25) is 0 Å². The molecule has 1 aromatic carbocycles. The number of hydrogen-bond acceptors (Lipinski definition) is 3. The number of phenolic OH excluding ortho intramolecular Hbond substituents is 1. The SMILES string of the molecule is CC.Cc1ccc(CC(O)CO)c(O)c1C. The minimum atomic E-state index is -0.803. The van der Waals surface area contributed by atoms with Crippen LogP contribution in [0.1, 0.15) is 30.5 Å². The molecule has 0 aromatic heterocycles. The third kappa shape index (κ3) is 3.83. The molecular formula is C13H22O3. The number of aliphatic hydroxyl groups excluding tert-OH is 2. The molecule has 0 aliphatic rings. The van der Waals surface area contributed by atoms with Gasteiger partial charge in [-0.15, -0.1) is 0 Å². The Morgan fingerprint density at radius 3 is 2.25 bits per heavy atom. The average molecular weight is 226 g/mol. The third-order valence-electron chi connectivity index (χ3n) is 2.45. The molecule has 3 heteroatoms. The zero-order valence-electron chi connectivity index (χ0n) is 10.5. The molecule has 1 rings (SSSR count). The molecule has 0 heterocycles. The summed E-state index contributed by atoms with van der Waals surface area (Å²) in [6.45, 7) is 7.47. The molecule has 0 saturated heterocycles. The zero-order valence-corrected chi connectivity index (χ0v) is 10.5. The van der Waals surface area contributed by atoms with E-state index in [0.717, 1.165) is 11.1 Å². The maximum Gasteiger partial charge on any atom is 0.122 e. The van der Waals surface area contributed by atoms with E-state index in [1.54, 1.807) is 6.07 Å². The minimum absolute atomic E-state index is 0.220. The van der Waals surface area contributed by atoms with Crippen molar-refractivity contribution < 1.29 is 15.3 Å². The van der Waals surface area contributed by atoms with Crippen molar-refractivity contribution in [2.45, 2.75) is 40.2 Å². The quantitative estimate of drug-likeness (QED) is 0.738. The van der Waals surface area contributed by atoms with Gasteiger partial charge in [0.15, 0.2) is 0 Å².